The summed E-state index contributed by atoms with van der Waals surface area (Å²) in [5, 5.41) is 15.6. The molecule has 254 valence electrons. The third kappa shape index (κ3) is 8.31. The van der Waals surface area contributed by atoms with Gasteiger partial charge in [0.1, 0.15) is 23.8 Å². The van der Waals surface area contributed by atoms with Crippen molar-refractivity contribution in [1.29, 1.82) is 0 Å². The fourth-order valence-electron chi connectivity index (χ4n) is 4.59. The zero-order chi connectivity index (χ0) is 35.9. The van der Waals surface area contributed by atoms with E-state index < -0.39 is 23.9 Å². The topological polar surface area (TPSA) is 164 Å². The van der Waals surface area contributed by atoms with Crippen molar-refractivity contribution in [3.8, 4) is 5.69 Å². The minimum atomic E-state index is -5.08. The zero-order valence-corrected chi connectivity index (χ0v) is 26.3. The van der Waals surface area contributed by atoms with Gasteiger partial charge in [-0.05, 0) is 74.9 Å². The molecule has 0 radical (unpaired) electrons. The standard InChI is InChI=1S/C30H31FN6O4.C2HF3O2/c1-6-24-35-28-27(17(4)18(5)36(28)16-26(39)33-21-12-10-20(31)11-13-21)30(41)37(24)23-14-9-19(29(40)32-8-3)15-22(23)34-25(38)7-2;3-2(4,5)1(6)7/h7,9-15H,2,6,8,16H2,1,3-5H3,(H,32,40)(H,33,39)(H,34,38);(H,6,7). The van der Waals surface area contributed by atoms with Gasteiger partial charge < -0.3 is 25.6 Å². The van der Waals surface area contributed by atoms with E-state index in [0.29, 0.717) is 58.0 Å². The van der Waals surface area contributed by atoms with Gasteiger partial charge in [-0.25, -0.2) is 14.2 Å². The first-order valence-corrected chi connectivity index (χ1v) is 14.4. The minimum Gasteiger partial charge on any atom is -0.475 e. The van der Waals surface area contributed by atoms with Gasteiger partial charge in [0.2, 0.25) is 11.8 Å². The molecule has 4 rings (SSSR count). The van der Waals surface area contributed by atoms with Crippen LogP contribution in [0.1, 0.15) is 41.3 Å². The summed E-state index contributed by atoms with van der Waals surface area (Å²) in [6.07, 6.45) is -3.64. The average molecular weight is 673 g/mol. The van der Waals surface area contributed by atoms with Crippen molar-refractivity contribution < 1.29 is 41.8 Å². The summed E-state index contributed by atoms with van der Waals surface area (Å²) in [5.74, 6) is -3.98. The molecule has 16 heteroatoms. The molecule has 4 aromatic rings. The summed E-state index contributed by atoms with van der Waals surface area (Å²) in [6, 6.07) is 10.1. The third-order valence-electron chi connectivity index (χ3n) is 6.98. The van der Waals surface area contributed by atoms with Crippen LogP contribution >= 0.6 is 0 Å². The first kappa shape index (κ1) is 36.7. The second-order valence-electron chi connectivity index (χ2n) is 10.2. The monoisotopic (exact) mass is 672 g/mol. The molecule has 0 saturated heterocycles. The van der Waals surface area contributed by atoms with Crippen LogP contribution in [0.2, 0.25) is 0 Å². The largest absolute Gasteiger partial charge is 0.490 e. The smallest absolute Gasteiger partial charge is 0.475 e. The number of rotatable bonds is 9. The highest BCUT2D eigenvalue weighted by atomic mass is 19.4. The number of aromatic nitrogens is 3. The summed E-state index contributed by atoms with van der Waals surface area (Å²) in [4.78, 5) is 65.5. The summed E-state index contributed by atoms with van der Waals surface area (Å²) in [5.41, 5.74) is 2.63. The molecule has 0 atom stereocenters. The van der Waals surface area contributed by atoms with Crippen LogP contribution in [0.5, 0.6) is 0 Å². The van der Waals surface area contributed by atoms with Crippen LogP contribution in [0.25, 0.3) is 16.7 Å². The van der Waals surface area contributed by atoms with Gasteiger partial charge in [-0.2, -0.15) is 13.2 Å². The predicted octanol–water partition coefficient (Wildman–Crippen LogP) is 4.65. The van der Waals surface area contributed by atoms with Crippen LogP contribution in [0, 0.1) is 19.7 Å². The van der Waals surface area contributed by atoms with E-state index in [1.807, 2.05) is 6.92 Å². The molecule has 2 aromatic carbocycles. The quantitative estimate of drug-likeness (QED) is 0.149. The number of hydrogen-bond acceptors (Lipinski definition) is 6. The van der Waals surface area contributed by atoms with Crippen LogP contribution < -0.4 is 21.5 Å². The van der Waals surface area contributed by atoms with E-state index in [1.165, 1.54) is 34.9 Å². The van der Waals surface area contributed by atoms with Crippen molar-refractivity contribution >= 4 is 46.1 Å². The second-order valence-corrected chi connectivity index (χ2v) is 10.2. The lowest BCUT2D eigenvalue weighted by molar-refractivity contribution is -0.192. The van der Waals surface area contributed by atoms with Gasteiger partial charge in [-0.3, -0.25) is 23.7 Å². The summed E-state index contributed by atoms with van der Waals surface area (Å²) < 4.78 is 48.1. The lowest BCUT2D eigenvalue weighted by Crippen LogP contribution is -2.27. The van der Waals surface area contributed by atoms with Crippen molar-refractivity contribution in [2.45, 2.75) is 46.8 Å². The number of carbonyl (C=O) groups is 4. The minimum absolute atomic E-state index is 0.116. The van der Waals surface area contributed by atoms with Gasteiger partial charge >= 0.3 is 12.1 Å². The van der Waals surface area contributed by atoms with Crippen LogP contribution in [0.15, 0.2) is 59.9 Å². The Balaban J connectivity index is 0.000000804. The Bertz CT molecular complexity index is 1950. The van der Waals surface area contributed by atoms with Gasteiger partial charge in [0.25, 0.3) is 11.5 Å². The highest BCUT2D eigenvalue weighted by molar-refractivity contribution is 6.02. The van der Waals surface area contributed by atoms with Crippen LogP contribution in [-0.4, -0.2) is 55.6 Å². The Hall–Kier alpha value is -5.80. The van der Waals surface area contributed by atoms with Crippen LogP contribution in [0.3, 0.4) is 0 Å². The SMILES string of the molecule is C=CC(=O)Nc1cc(C(=O)NCC)ccc1-n1c(CC)nc2c(c(C)c(C)n2CC(=O)Nc2ccc(F)cc2)c1=O.O=C(O)C(F)(F)F. The maximum Gasteiger partial charge on any atom is 0.490 e. The molecule has 12 nitrogen and oxygen atoms in total. The van der Waals surface area contributed by atoms with E-state index >= 15 is 0 Å². The Kier molecular flexibility index (Phi) is 11.6. The lowest BCUT2D eigenvalue weighted by Gasteiger charge is -2.17. The number of amides is 3. The molecule has 3 amide bonds. The maximum atomic E-state index is 14.1. The molecule has 48 heavy (non-hydrogen) atoms. The highest BCUT2D eigenvalue weighted by Gasteiger charge is 2.38. The summed E-state index contributed by atoms with van der Waals surface area (Å²) in [7, 11) is 0. The number of nitrogens with zero attached hydrogens (tertiary/aromatic N) is 3. The number of anilines is 2. The average Bonchev–Trinajstić information content (AvgIpc) is 3.26. The van der Waals surface area contributed by atoms with E-state index in [9.17, 15) is 36.7 Å². The Morgan fingerprint density at radius 2 is 1.65 bits per heavy atom. The third-order valence-corrected chi connectivity index (χ3v) is 6.98. The van der Waals surface area contributed by atoms with Crippen molar-refractivity contribution in [3.05, 3.63) is 93.9 Å². The maximum absolute atomic E-state index is 14.1. The number of carboxylic acids is 1. The van der Waals surface area contributed by atoms with Gasteiger partial charge in [-0.15, -0.1) is 0 Å². The van der Waals surface area contributed by atoms with Crippen LogP contribution in [0.4, 0.5) is 28.9 Å². The predicted molar refractivity (Wildman–Crippen MR) is 170 cm³/mol. The first-order chi connectivity index (χ1) is 22.5. The number of hydrogen-bond donors (Lipinski definition) is 4. The lowest BCUT2D eigenvalue weighted by atomic mass is 10.1. The molecule has 2 heterocycles. The van der Waals surface area contributed by atoms with E-state index in [4.69, 9.17) is 14.9 Å². The van der Waals surface area contributed by atoms with Crippen molar-refractivity contribution in [3.63, 3.8) is 0 Å². The van der Waals surface area contributed by atoms with E-state index in [0.717, 1.165) is 6.08 Å². The molecule has 0 fully saturated rings. The fraction of sp³-hybridized carbons (Fsp3) is 0.250. The fourth-order valence-corrected chi connectivity index (χ4v) is 4.59. The number of carbonyl (C=O) groups excluding carboxylic acids is 3. The molecule has 0 aliphatic heterocycles. The van der Waals surface area contributed by atoms with E-state index in [2.05, 4.69) is 22.5 Å². The number of fused-ring (bicyclic) bond motifs is 1. The normalized spacial score (nSPS) is 10.9. The number of carboxylic acid groups (broad SMARTS) is 1. The van der Waals surface area contributed by atoms with Gasteiger partial charge in [-0.1, -0.05) is 13.5 Å². The Morgan fingerprint density at radius 3 is 2.19 bits per heavy atom. The number of aliphatic carboxylic acids is 1. The highest BCUT2D eigenvalue weighted by Crippen LogP contribution is 2.27. The van der Waals surface area contributed by atoms with E-state index in [-0.39, 0.29) is 29.6 Å². The van der Waals surface area contributed by atoms with Gasteiger partial charge in [0, 0.05) is 29.9 Å². The van der Waals surface area contributed by atoms with E-state index in [1.54, 1.807) is 37.5 Å². The van der Waals surface area contributed by atoms with Crippen molar-refractivity contribution in [1.82, 2.24) is 19.4 Å². The van der Waals surface area contributed by atoms with Crippen molar-refractivity contribution in [2.75, 3.05) is 17.2 Å². The summed E-state index contributed by atoms with van der Waals surface area (Å²) >= 11 is 0. The number of halogens is 4. The van der Waals surface area contributed by atoms with Crippen LogP contribution in [-0.2, 0) is 27.3 Å². The van der Waals surface area contributed by atoms with Gasteiger partial charge in [0.05, 0.1) is 16.8 Å². The number of nitrogens with one attached hydrogen (secondary N) is 3. The molecular weight excluding hydrogens is 640 g/mol. The molecule has 0 saturated carbocycles. The first-order valence-electron chi connectivity index (χ1n) is 14.4. The Morgan fingerprint density at radius 1 is 1.02 bits per heavy atom. The molecule has 0 spiro atoms. The Labute approximate surface area is 271 Å². The number of benzene rings is 2. The molecule has 0 unspecified atom stereocenters. The van der Waals surface area contributed by atoms with Gasteiger partial charge in [0.15, 0.2) is 0 Å². The number of alkyl halides is 3. The molecule has 4 N–H and O–H groups in total. The zero-order valence-electron chi connectivity index (χ0n) is 26.3. The molecule has 0 aliphatic rings. The molecular formula is C32H32F4N6O6. The summed E-state index contributed by atoms with van der Waals surface area (Å²) in [6.45, 7) is 11.0. The number of aryl methyl sites for hydroxylation is 2. The molecule has 2 aromatic heterocycles. The van der Waals surface area contributed by atoms with Crippen molar-refractivity contribution in [2.24, 2.45) is 0 Å². The molecule has 0 aliphatic carbocycles. The molecule has 0 bridgehead atoms. The second kappa shape index (κ2) is 15.2.